The topological polar surface area (TPSA) is 109 Å². The molecule has 25 heavy (non-hydrogen) atoms. The van der Waals surface area contributed by atoms with Crippen LogP contribution in [0.5, 0.6) is 0 Å². The van der Waals surface area contributed by atoms with Gasteiger partial charge >= 0.3 is 6.09 Å². The minimum absolute atomic E-state index is 0.120. The van der Waals surface area contributed by atoms with Crippen molar-refractivity contribution in [2.45, 2.75) is 39.2 Å². The SMILES string of the molecule is CC(C)(C)OC(=O)N1CC=C(c2ccc(N)c(C(=O)CC#N)n2)CC1. The van der Waals surface area contributed by atoms with E-state index in [0.29, 0.717) is 25.2 Å². The smallest absolute Gasteiger partial charge is 0.410 e. The van der Waals surface area contributed by atoms with Crippen LogP contribution in [0.2, 0.25) is 0 Å². The lowest BCUT2D eigenvalue weighted by Gasteiger charge is -2.29. The number of nitrogens with zero attached hydrogens (tertiary/aromatic N) is 3. The van der Waals surface area contributed by atoms with E-state index in [4.69, 9.17) is 15.7 Å². The van der Waals surface area contributed by atoms with Gasteiger partial charge < -0.3 is 15.4 Å². The molecule has 1 aromatic rings. The highest BCUT2D eigenvalue weighted by Crippen LogP contribution is 2.24. The number of pyridine rings is 1. The third-order valence-corrected chi connectivity index (χ3v) is 3.62. The minimum Gasteiger partial charge on any atom is -0.444 e. The van der Waals surface area contributed by atoms with Crippen molar-refractivity contribution in [3.8, 4) is 6.07 Å². The van der Waals surface area contributed by atoms with Gasteiger partial charge in [0.15, 0.2) is 5.78 Å². The molecule has 0 aromatic carbocycles. The van der Waals surface area contributed by atoms with Crippen LogP contribution in [0.1, 0.15) is 49.8 Å². The maximum Gasteiger partial charge on any atom is 0.410 e. The van der Waals surface area contributed by atoms with Crippen LogP contribution >= 0.6 is 0 Å². The first-order chi connectivity index (χ1) is 11.7. The van der Waals surface area contributed by atoms with E-state index in [0.717, 1.165) is 5.57 Å². The molecule has 7 heteroatoms. The predicted octanol–water partition coefficient (Wildman–Crippen LogP) is 2.78. The molecule has 2 rings (SSSR count). The van der Waals surface area contributed by atoms with Crippen molar-refractivity contribution in [3.05, 3.63) is 29.6 Å². The van der Waals surface area contributed by atoms with E-state index in [2.05, 4.69) is 4.98 Å². The number of aromatic nitrogens is 1. The Morgan fingerprint density at radius 3 is 2.68 bits per heavy atom. The first-order valence-corrected chi connectivity index (χ1v) is 8.05. The Morgan fingerprint density at radius 2 is 2.12 bits per heavy atom. The predicted molar refractivity (Wildman–Crippen MR) is 93.6 cm³/mol. The number of Topliss-reactive ketones (excluding diaryl/α,β-unsaturated/α-hetero) is 1. The van der Waals surface area contributed by atoms with Gasteiger partial charge in [-0.05, 0) is 44.9 Å². The van der Waals surface area contributed by atoms with Gasteiger partial charge in [0.2, 0.25) is 0 Å². The van der Waals surface area contributed by atoms with Gasteiger partial charge in [0.25, 0.3) is 0 Å². The van der Waals surface area contributed by atoms with Crippen LogP contribution in [-0.4, -0.2) is 40.5 Å². The average Bonchev–Trinajstić information content (AvgIpc) is 2.54. The second-order valence-electron chi connectivity index (χ2n) is 6.80. The summed E-state index contributed by atoms with van der Waals surface area (Å²) >= 11 is 0. The molecule has 132 valence electrons. The van der Waals surface area contributed by atoms with Crippen molar-refractivity contribution < 1.29 is 14.3 Å². The normalized spacial score (nSPS) is 14.5. The van der Waals surface area contributed by atoms with E-state index in [1.807, 2.05) is 32.9 Å². The lowest BCUT2D eigenvalue weighted by molar-refractivity contribution is 0.0270. The molecule has 0 radical (unpaired) electrons. The Morgan fingerprint density at radius 1 is 1.40 bits per heavy atom. The lowest BCUT2D eigenvalue weighted by Crippen LogP contribution is -2.39. The molecule has 0 fully saturated rings. The fourth-order valence-electron chi connectivity index (χ4n) is 2.42. The second-order valence-corrected chi connectivity index (χ2v) is 6.80. The highest BCUT2D eigenvalue weighted by molar-refractivity contribution is 6.00. The molecule has 7 nitrogen and oxygen atoms in total. The van der Waals surface area contributed by atoms with Crippen molar-refractivity contribution in [2.24, 2.45) is 0 Å². The fraction of sp³-hybridized carbons (Fsp3) is 0.444. The van der Waals surface area contributed by atoms with Crippen LogP contribution in [0.25, 0.3) is 5.57 Å². The number of amides is 1. The molecule has 0 atom stereocenters. The first-order valence-electron chi connectivity index (χ1n) is 8.05. The molecule has 1 aliphatic heterocycles. The molecule has 0 unspecified atom stereocenters. The number of nitrogen functional groups attached to an aromatic ring is 1. The Hall–Kier alpha value is -2.88. The molecular formula is C18H22N4O3. The Balaban J connectivity index is 2.14. The van der Waals surface area contributed by atoms with E-state index in [1.165, 1.54) is 0 Å². The van der Waals surface area contributed by atoms with Crippen molar-refractivity contribution in [2.75, 3.05) is 18.8 Å². The molecule has 1 aliphatic rings. The van der Waals surface area contributed by atoms with Crippen LogP contribution in [0.3, 0.4) is 0 Å². The summed E-state index contributed by atoms with van der Waals surface area (Å²) in [5, 5.41) is 8.67. The number of hydrogen-bond acceptors (Lipinski definition) is 6. The Kier molecular flexibility index (Phi) is 5.42. The molecule has 0 saturated carbocycles. The van der Waals surface area contributed by atoms with Gasteiger partial charge in [-0.3, -0.25) is 4.79 Å². The number of anilines is 1. The maximum absolute atomic E-state index is 12.1. The molecule has 0 bridgehead atoms. The van der Waals surface area contributed by atoms with Gasteiger partial charge in [-0.15, -0.1) is 0 Å². The average molecular weight is 342 g/mol. The van der Waals surface area contributed by atoms with Crippen molar-refractivity contribution in [3.63, 3.8) is 0 Å². The van der Waals surface area contributed by atoms with Gasteiger partial charge in [-0.25, -0.2) is 9.78 Å². The third kappa shape index (κ3) is 4.80. The van der Waals surface area contributed by atoms with Crippen LogP contribution in [0.15, 0.2) is 18.2 Å². The van der Waals surface area contributed by atoms with E-state index in [9.17, 15) is 9.59 Å². The van der Waals surface area contributed by atoms with Gasteiger partial charge in [0.1, 0.15) is 17.7 Å². The zero-order valence-electron chi connectivity index (χ0n) is 14.7. The Labute approximate surface area is 147 Å². The minimum atomic E-state index is -0.532. The van der Waals surface area contributed by atoms with E-state index in [-0.39, 0.29) is 23.9 Å². The van der Waals surface area contributed by atoms with Crippen molar-refractivity contribution in [1.29, 1.82) is 5.26 Å². The van der Waals surface area contributed by atoms with E-state index in [1.54, 1.807) is 17.0 Å². The van der Waals surface area contributed by atoms with E-state index < -0.39 is 11.4 Å². The molecule has 1 aromatic heterocycles. The van der Waals surface area contributed by atoms with Gasteiger partial charge in [0.05, 0.1) is 17.5 Å². The molecule has 0 aliphatic carbocycles. The highest BCUT2D eigenvalue weighted by Gasteiger charge is 2.24. The monoisotopic (exact) mass is 342 g/mol. The molecule has 2 N–H and O–H groups in total. The number of carbonyl (C=O) groups is 2. The van der Waals surface area contributed by atoms with Gasteiger partial charge in [-0.2, -0.15) is 5.26 Å². The zero-order valence-corrected chi connectivity index (χ0v) is 14.7. The molecular weight excluding hydrogens is 320 g/mol. The third-order valence-electron chi connectivity index (χ3n) is 3.62. The Bertz CT molecular complexity index is 757. The number of ether oxygens (including phenoxy) is 1. The van der Waals surface area contributed by atoms with Crippen LogP contribution in [0.4, 0.5) is 10.5 Å². The number of nitrogens with two attached hydrogens (primary N) is 1. The van der Waals surface area contributed by atoms with Crippen molar-refractivity contribution >= 4 is 23.1 Å². The molecule has 2 heterocycles. The summed E-state index contributed by atoms with van der Waals surface area (Å²) in [6.07, 6.45) is 1.89. The first kappa shape index (κ1) is 18.5. The quantitative estimate of drug-likeness (QED) is 0.846. The number of carbonyl (C=O) groups excluding carboxylic acids is 2. The van der Waals surface area contributed by atoms with E-state index >= 15 is 0 Å². The number of rotatable bonds is 3. The van der Waals surface area contributed by atoms with Crippen LogP contribution in [-0.2, 0) is 4.74 Å². The van der Waals surface area contributed by atoms with Gasteiger partial charge in [-0.1, -0.05) is 6.08 Å². The highest BCUT2D eigenvalue weighted by atomic mass is 16.6. The number of ketones is 1. The summed E-state index contributed by atoms with van der Waals surface area (Å²) in [4.78, 5) is 29.9. The van der Waals surface area contributed by atoms with Gasteiger partial charge in [0, 0.05) is 13.1 Å². The van der Waals surface area contributed by atoms with Crippen LogP contribution in [0, 0.1) is 11.3 Å². The zero-order chi connectivity index (χ0) is 18.6. The summed E-state index contributed by atoms with van der Waals surface area (Å²) in [5.41, 5.74) is 7.21. The largest absolute Gasteiger partial charge is 0.444 e. The fourth-order valence-corrected chi connectivity index (χ4v) is 2.42. The summed E-state index contributed by atoms with van der Waals surface area (Å²) in [6.45, 7) is 6.41. The summed E-state index contributed by atoms with van der Waals surface area (Å²) in [7, 11) is 0. The van der Waals surface area contributed by atoms with Crippen LogP contribution < -0.4 is 5.73 Å². The number of hydrogen-bond donors (Lipinski definition) is 1. The van der Waals surface area contributed by atoms with Crippen molar-refractivity contribution in [1.82, 2.24) is 9.88 Å². The second kappa shape index (κ2) is 7.34. The number of nitriles is 1. The lowest BCUT2D eigenvalue weighted by atomic mass is 10.0. The molecule has 1 amide bonds. The summed E-state index contributed by atoms with van der Waals surface area (Å²) in [5.74, 6) is -0.395. The standard InChI is InChI=1S/C18H22N4O3/c1-18(2,3)25-17(24)22-10-7-12(8-11-22)14-5-4-13(20)16(21-14)15(23)6-9-19/h4-5,7H,6,8,10-11,20H2,1-3H3. The molecule has 0 saturated heterocycles. The maximum atomic E-state index is 12.1. The summed E-state index contributed by atoms with van der Waals surface area (Å²) < 4.78 is 5.36. The molecule has 0 spiro atoms. The summed E-state index contributed by atoms with van der Waals surface area (Å²) in [6, 6.07) is 5.17.